The summed E-state index contributed by atoms with van der Waals surface area (Å²) in [6, 6.07) is 16.7. The Labute approximate surface area is 297 Å². The van der Waals surface area contributed by atoms with Crippen LogP contribution in [0.5, 0.6) is 0 Å². The predicted molar refractivity (Wildman–Crippen MR) is 199 cm³/mol. The topological polar surface area (TPSA) is 118 Å². The molecule has 1 atom stereocenters. The van der Waals surface area contributed by atoms with E-state index < -0.39 is 20.2 Å². The van der Waals surface area contributed by atoms with E-state index in [0.717, 1.165) is 52.5 Å². The van der Waals surface area contributed by atoms with E-state index in [2.05, 4.69) is 86.1 Å². The molecule has 11 heteroatoms. The summed E-state index contributed by atoms with van der Waals surface area (Å²) in [4.78, 5) is 4.59. The molecule has 2 aromatic carbocycles. The molecule has 0 bridgehead atoms. The van der Waals surface area contributed by atoms with E-state index >= 15 is 0 Å². The molecule has 0 saturated carbocycles. The van der Waals surface area contributed by atoms with Crippen molar-refractivity contribution >= 4 is 43.2 Å². The lowest BCUT2D eigenvalue weighted by molar-refractivity contribution is 0.456. The fourth-order valence-electron chi connectivity index (χ4n) is 7.66. The summed E-state index contributed by atoms with van der Waals surface area (Å²) in [5.74, 6) is -0.603. The number of benzene rings is 2. The first-order valence-electron chi connectivity index (χ1n) is 17.1. The molecule has 2 aromatic rings. The second-order valence-corrected chi connectivity index (χ2v) is 17.9. The zero-order valence-electron chi connectivity index (χ0n) is 28.9. The van der Waals surface area contributed by atoms with E-state index in [0.29, 0.717) is 38.8 Å². The number of halogens is 1. The molecule has 0 spiro atoms. The van der Waals surface area contributed by atoms with Crippen molar-refractivity contribution in [1.82, 2.24) is 0 Å². The highest BCUT2D eigenvalue weighted by Gasteiger charge is 2.43. The Kier molecular flexibility index (Phi) is 11.3. The van der Waals surface area contributed by atoms with E-state index in [9.17, 15) is 25.9 Å². The van der Waals surface area contributed by atoms with Gasteiger partial charge in [-0.2, -0.15) is 8.42 Å². The van der Waals surface area contributed by atoms with Crippen molar-refractivity contribution in [3.05, 3.63) is 106 Å². The lowest BCUT2D eigenvalue weighted by Gasteiger charge is -2.33. The molecule has 1 unspecified atom stereocenters. The van der Waals surface area contributed by atoms with Gasteiger partial charge < -0.3 is 14.4 Å². The minimum atomic E-state index is -4.24. The van der Waals surface area contributed by atoms with Gasteiger partial charge in [-0.1, -0.05) is 93.9 Å². The van der Waals surface area contributed by atoms with E-state index in [1.807, 2.05) is 24.3 Å². The Bertz CT molecular complexity index is 1890. The van der Waals surface area contributed by atoms with Crippen LogP contribution in [0.1, 0.15) is 83.8 Å². The lowest BCUT2D eigenvalue weighted by Crippen LogP contribution is -2.40. The number of anilines is 2. The summed E-state index contributed by atoms with van der Waals surface area (Å²) in [6.07, 6.45) is 13.3. The summed E-state index contributed by atoms with van der Waals surface area (Å²) < 4.78 is 65.4. The first kappa shape index (κ1) is 37.4. The van der Waals surface area contributed by atoms with Gasteiger partial charge in [-0.25, -0.2) is 8.42 Å². The number of allylic oxidation sites excluding steroid dienone is 7. The Morgan fingerprint density at radius 3 is 2.18 bits per heavy atom. The van der Waals surface area contributed by atoms with Crippen molar-refractivity contribution in [2.24, 2.45) is 0 Å². The average molecular weight is 728 g/mol. The molecule has 49 heavy (non-hydrogen) atoms. The van der Waals surface area contributed by atoms with Gasteiger partial charge in [0.05, 0.1) is 21.9 Å². The zero-order valence-corrected chi connectivity index (χ0v) is 31.2. The molecule has 266 valence electrons. The highest BCUT2D eigenvalue weighted by molar-refractivity contribution is 7.85. The van der Waals surface area contributed by atoms with Crippen molar-refractivity contribution in [2.45, 2.75) is 89.5 Å². The molecule has 1 aliphatic carbocycles. The van der Waals surface area contributed by atoms with Crippen LogP contribution in [0.2, 0.25) is 0 Å². The van der Waals surface area contributed by atoms with Gasteiger partial charge in [0, 0.05) is 51.8 Å². The first-order chi connectivity index (χ1) is 23.0. The van der Waals surface area contributed by atoms with Gasteiger partial charge >= 0.3 is 0 Å². The van der Waals surface area contributed by atoms with Gasteiger partial charge in [-0.15, -0.1) is 0 Å². The maximum atomic E-state index is 11.3. The van der Waals surface area contributed by atoms with E-state index in [1.165, 1.54) is 11.1 Å². The molecule has 5 rings (SSSR count). The zero-order chi connectivity index (χ0) is 35.6. The van der Waals surface area contributed by atoms with E-state index in [4.69, 9.17) is 11.6 Å². The summed E-state index contributed by atoms with van der Waals surface area (Å²) in [5.41, 5.74) is 7.49. The van der Waals surface area contributed by atoms with Crippen LogP contribution < -0.4 is 9.80 Å². The Morgan fingerprint density at radius 1 is 0.857 bits per heavy atom. The van der Waals surface area contributed by atoms with Gasteiger partial charge in [0.2, 0.25) is 0 Å². The van der Waals surface area contributed by atoms with Gasteiger partial charge in [0.1, 0.15) is 0 Å². The normalized spacial score (nSPS) is 22.1. The molecule has 0 aromatic heterocycles. The second kappa shape index (κ2) is 14.8. The summed E-state index contributed by atoms with van der Waals surface area (Å²) in [5, 5.41) is 0.757. The third kappa shape index (κ3) is 8.53. The van der Waals surface area contributed by atoms with Crippen molar-refractivity contribution in [3.63, 3.8) is 0 Å². The smallest absolute Gasteiger partial charge is 0.264 e. The van der Waals surface area contributed by atoms with Crippen LogP contribution in [0.3, 0.4) is 0 Å². The maximum absolute atomic E-state index is 11.3. The molecule has 2 heterocycles. The molecule has 3 aliphatic rings. The summed E-state index contributed by atoms with van der Waals surface area (Å²) in [6.45, 7) is 10.1. The fraction of sp³-hybridized carbons (Fsp3) is 0.474. The quantitative estimate of drug-likeness (QED) is 0.163. The third-order valence-corrected chi connectivity index (χ3v) is 12.3. The molecule has 0 fully saturated rings. The maximum Gasteiger partial charge on any atom is 0.264 e. The number of hydrogen-bond acceptors (Lipinski definition) is 7. The molecule has 8 nitrogen and oxygen atoms in total. The lowest BCUT2D eigenvalue weighted by atomic mass is 9.80. The third-order valence-electron chi connectivity index (χ3n) is 10.2. The van der Waals surface area contributed by atoms with Crippen LogP contribution in [0.15, 0.2) is 94.7 Å². The number of para-hydroxylation sites is 2. The number of fused-ring (bicyclic) bond motifs is 2. The number of rotatable bonds is 13. The van der Waals surface area contributed by atoms with Crippen LogP contribution in [-0.4, -0.2) is 56.6 Å². The largest absolute Gasteiger partial charge is 0.748 e. The molecule has 2 aliphatic heterocycles. The summed E-state index contributed by atoms with van der Waals surface area (Å²) >= 11 is 7.14. The Balaban J connectivity index is 1.40. The molecular weight excluding hydrogens is 680 g/mol. The molecular formula is C38H48ClN2O6S2-. The highest BCUT2D eigenvalue weighted by atomic mass is 35.5. The van der Waals surface area contributed by atoms with Gasteiger partial charge in [0.15, 0.2) is 0 Å². The molecule has 1 N–H and O–H groups in total. The SMILES string of the molecule is CC1(C)/C(=C\C=C2/CCCC(/C=C/C3N(CCCCS(=O)(=O)[O-])c4ccccc4C3(C)C)=C2Cl)N(CCCCS(=O)(=O)O)c2ccccc21. The summed E-state index contributed by atoms with van der Waals surface area (Å²) in [7, 11) is -8.24. The molecule has 0 amide bonds. The highest BCUT2D eigenvalue weighted by Crippen LogP contribution is 2.48. The van der Waals surface area contributed by atoms with E-state index in [1.54, 1.807) is 0 Å². The van der Waals surface area contributed by atoms with Crippen LogP contribution in [0.25, 0.3) is 0 Å². The minimum Gasteiger partial charge on any atom is -0.748 e. The van der Waals surface area contributed by atoms with Crippen LogP contribution >= 0.6 is 11.6 Å². The van der Waals surface area contributed by atoms with Gasteiger partial charge in [-0.3, -0.25) is 4.55 Å². The van der Waals surface area contributed by atoms with E-state index in [-0.39, 0.29) is 28.4 Å². The van der Waals surface area contributed by atoms with Crippen molar-refractivity contribution in [2.75, 3.05) is 34.4 Å². The van der Waals surface area contributed by atoms with Gasteiger partial charge in [0.25, 0.3) is 10.1 Å². The Hall–Kier alpha value is -2.89. The second-order valence-electron chi connectivity index (χ2n) is 14.4. The number of hydrogen-bond donors (Lipinski definition) is 1. The fourth-order valence-corrected chi connectivity index (χ4v) is 9.11. The van der Waals surface area contributed by atoms with Crippen molar-refractivity contribution < 1.29 is 25.9 Å². The van der Waals surface area contributed by atoms with Crippen molar-refractivity contribution in [1.29, 1.82) is 0 Å². The van der Waals surface area contributed by atoms with Gasteiger partial charge in [-0.05, 0) is 85.4 Å². The van der Waals surface area contributed by atoms with Crippen molar-refractivity contribution in [3.8, 4) is 0 Å². The van der Waals surface area contributed by atoms with Crippen LogP contribution in [0, 0.1) is 0 Å². The Morgan fingerprint density at radius 2 is 1.49 bits per heavy atom. The molecule has 0 saturated heterocycles. The first-order valence-corrected chi connectivity index (χ1v) is 20.7. The monoisotopic (exact) mass is 727 g/mol. The number of unbranched alkanes of at least 4 members (excludes halogenated alkanes) is 2. The predicted octanol–water partition coefficient (Wildman–Crippen LogP) is 7.99. The van der Waals surface area contributed by atoms with Crippen LogP contribution in [0.4, 0.5) is 11.4 Å². The number of nitrogens with zero attached hydrogens (tertiary/aromatic N) is 2. The molecule has 0 radical (unpaired) electrons. The standard InChI is InChI=1S/C38H49ClN2O6S2/c1-37(2)30-16-5-7-18-32(30)40(24-9-11-26-48(42,43)44)34(37)22-20-28-14-13-15-29(36(28)39)21-23-35-38(3,4)31-17-6-8-19-33(31)41(35)25-10-12-27-49(45,46)47/h5-8,16-23,34H,9-15,24-27H2,1-4H3,(H,42,43,44)(H,45,46,47)/p-1/b22-20+,29-21+,35-23+. The van der Waals surface area contributed by atoms with Crippen LogP contribution in [-0.2, 0) is 31.1 Å². The average Bonchev–Trinajstić information content (AvgIpc) is 3.37. The minimum absolute atomic E-state index is 0.0226.